The SMILES string of the molecule is COc1ccc(C2CCN(C(=O)c3ccccc3F)C2)cc1. The second-order valence-corrected chi connectivity index (χ2v) is 5.49. The molecule has 4 heteroatoms. The van der Waals surface area contributed by atoms with Crippen LogP contribution in [0, 0.1) is 5.82 Å². The summed E-state index contributed by atoms with van der Waals surface area (Å²) in [6.45, 7) is 1.28. The van der Waals surface area contributed by atoms with Gasteiger partial charge in [0.1, 0.15) is 11.6 Å². The van der Waals surface area contributed by atoms with Gasteiger partial charge >= 0.3 is 0 Å². The highest BCUT2D eigenvalue weighted by molar-refractivity contribution is 5.94. The number of ether oxygens (including phenoxy) is 1. The van der Waals surface area contributed by atoms with Crippen molar-refractivity contribution >= 4 is 5.91 Å². The molecule has 1 amide bonds. The van der Waals surface area contributed by atoms with Gasteiger partial charge in [-0.15, -0.1) is 0 Å². The van der Waals surface area contributed by atoms with E-state index in [0.29, 0.717) is 19.0 Å². The molecule has 1 aliphatic heterocycles. The van der Waals surface area contributed by atoms with Crippen LogP contribution in [0.15, 0.2) is 48.5 Å². The first-order chi connectivity index (χ1) is 10.7. The Morgan fingerprint density at radius 1 is 1.18 bits per heavy atom. The molecule has 0 radical (unpaired) electrons. The third-order valence-corrected chi connectivity index (χ3v) is 4.17. The zero-order chi connectivity index (χ0) is 15.5. The number of carbonyl (C=O) groups is 1. The van der Waals surface area contributed by atoms with E-state index in [2.05, 4.69) is 0 Å². The Hall–Kier alpha value is -2.36. The molecule has 3 nitrogen and oxygen atoms in total. The number of amides is 1. The first kappa shape index (κ1) is 14.6. The second-order valence-electron chi connectivity index (χ2n) is 5.49. The molecule has 0 N–H and O–H groups in total. The maximum Gasteiger partial charge on any atom is 0.256 e. The normalized spacial score (nSPS) is 17.5. The Labute approximate surface area is 129 Å². The van der Waals surface area contributed by atoms with E-state index >= 15 is 0 Å². The first-order valence-electron chi connectivity index (χ1n) is 7.37. The molecule has 0 aliphatic carbocycles. The summed E-state index contributed by atoms with van der Waals surface area (Å²) in [6, 6.07) is 14.1. The van der Waals surface area contributed by atoms with Crippen LogP contribution in [-0.2, 0) is 0 Å². The molecule has 1 unspecified atom stereocenters. The lowest BCUT2D eigenvalue weighted by Crippen LogP contribution is -2.29. The van der Waals surface area contributed by atoms with Gasteiger partial charge in [-0.3, -0.25) is 4.79 Å². The summed E-state index contributed by atoms with van der Waals surface area (Å²) >= 11 is 0. The van der Waals surface area contributed by atoms with Gasteiger partial charge in [-0.2, -0.15) is 0 Å². The van der Waals surface area contributed by atoms with Crippen molar-refractivity contribution in [3.05, 3.63) is 65.5 Å². The summed E-state index contributed by atoms with van der Waals surface area (Å²) < 4.78 is 18.9. The lowest BCUT2D eigenvalue weighted by Gasteiger charge is -2.17. The fourth-order valence-corrected chi connectivity index (χ4v) is 2.90. The van der Waals surface area contributed by atoms with E-state index in [0.717, 1.165) is 12.2 Å². The van der Waals surface area contributed by atoms with Crippen LogP contribution in [0.3, 0.4) is 0 Å². The Kier molecular flexibility index (Phi) is 4.09. The molecule has 1 saturated heterocycles. The predicted octanol–water partition coefficient (Wildman–Crippen LogP) is 3.46. The van der Waals surface area contributed by atoms with Gasteiger partial charge in [0.15, 0.2) is 0 Å². The van der Waals surface area contributed by atoms with Crippen LogP contribution >= 0.6 is 0 Å². The largest absolute Gasteiger partial charge is 0.497 e. The van der Waals surface area contributed by atoms with E-state index in [-0.39, 0.29) is 11.5 Å². The highest BCUT2D eigenvalue weighted by Crippen LogP contribution is 2.29. The van der Waals surface area contributed by atoms with Crippen LogP contribution in [0.5, 0.6) is 5.75 Å². The summed E-state index contributed by atoms with van der Waals surface area (Å²) in [5.41, 5.74) is 1.34. The second kappa shape index (κ2) is 6.18. The van der Waals surface area contributed by atoms with Gasteiger partial charge in [0, 0.05) is 19.0 Å². The molecule has 1 atom stereocenters. The van der Waals surface area contributed by atoms with Crippen LogP contribution in [-0.4, -0.2) is 31.0 Å². The summed E-state index contributed by atoms with van der Waals surface area (Å²) in [5.74, 6) is 0.428. The Morgan fingerprint density at radius 3 is 2.59 bits per heavy atom. The molecule has 0 aromatic heterocycles. The summed E-state index contributed by atoms with van der Waals surface area (Å²) in [4.78, 5) is 14.1. The van der Waals surface area contributed by atoms with E-state index in [1.54, 1.807) is 30.2 Å². The Balaban J connectivity index is 1.71. The van der Waals surface area contributed by atoms with Crippen LogP contribution in [0.4, 0.5) is 4.39 Å². The smallest absolute Gasteiger partial charge is 0.256 e. The van der Waals surface area contributed by atoms with Crippen molar-refractivity contribution in [2.24, 2.45) is 0 Å². The van der Waals surface area contributed by atoms with Gasteiger partial charge in [-0.25, -0.2) is 4.39 Å². The Morgan fingerprint density at radius 2 is 1.91 bits per heavy atom. The van der Waals surface area contributed by atoms with Crippen LogP contribution in [0.2, 0.25) is 0 Å². The number of carbonyl (C=O) groups excluding carboxylic acids is 1. The van der Waals surface area contributed by atoms with Crippen molar-refractivity contribution in [2.75, 3.05) is 20.2 Å². The molecular formula is C18H18FNO2. The lowest BCUT2D eigenvalue weighted by molar-refractivity contribution is 0.0786. The third kappa shape index (κ3) is 2.82. The molecule has 1 aliphatic rings. The number of benzene rings is 2. The highest BCUT2D eigenvalue weighted by atomic mass is 19.1. The monoisotopic (exact) mass is 299 g/mol. The van der Waals surface area contributed by atoms with Crippen molar-refractivity contribution in [1.82, 2.24) is 4.90 Å². The van der Waals surface area contributed by atoms with E-state index < -0.39 is 5.82 Å². The van der Waals surface area contributed by atoms with Gasteiger partial charge in [0.05, 0.1) is 12.7 Å². The number of methoxy groups -OCH3 is 1. The summed E-state index contributed by atoms with van der Waals surface area (Å²) in [6.07, 6.45) is 0.895. The number of nitrogens with zero attached hydrogens (tertiary/aromatic N) is 1. The van der Waals surface area contributed by atoms with Crippen LogP contribution in [0.25, 0.3) is 0 Å². The number of halogens is 1. The van der Waals surface area contributed by atoms with E-state index in [1.807, 2.05) is 24.3 Å². The number of hydrogen-bond acceptors (Lipinski definition) is 2. The lowest BCUT2D eigenvalue weighted by atomic mass is 9.98. The van der Waals surface area contributed by atoms with Crippen molar-refractivity contribution < 1.29 is 13.9 Å². The number of likely N-dealkylation sites (tertiary alicyclic amines) is 1. The highest BCUT2D eigenvalue weighted by Gasteiger charge is 2.29. The molecule has 0 saturated carbocycles. The molecule has 114 valence electrons. The fraction of sp³-hybridized carbons (Fsp3) is 0.278. The molecule has 2 aromatic carbocycles. The Bertz CT molecular complexity index is 669. The molecule has 0 spiro atoms. The summed E-state index contributed by atoms with van der Waals surface area (Å²) in [5, 5.41) is 0. The van der Waals surface area contributed by atoms with Crippen molar-refractivity contribution in [1.29, 1.82) is 0 Å². The maximum atomic E-state index is 13.7. The quantitative estimate of drug-likeness (QED) is 0.868. The van der Waals surface area contributed by atoms with Gasteiger partial charge in [0.2, 0.25) is 0 Å². The standard InChI is InChI=1S/C18H18FNO2/c1-22-15-8-6-13(7-9-15)14-10-11-20(12-14)18(21)16-4-2-3-5-17(16)19/h2-9,14H,10-12H2,1H3. The zero-order valence-electron chi connectivity index (χ0n) is 12.5. The molecule has 2 aromatic rings. The molecule has 1 fully saturated rings. The van der Waals surface area contributed by atoms with Crippen LogP contribution < -0.4 is 4.74 Å². The summed E-state index contributed by atoms with van der Waals surface area (Å²) in [7, 11) is 1.64. The van der Waals surface area contributed by atoms with E-state index in [9.17, 15) is 9.18 Å². The predicted molar refractivity (Wildman–Crippen MR) is 82.7 cm³/mol. The third-order valence-electron chi connectivity index (χ3n) is 4.17. The van der Waals surface area contributed by atoms with Crippen molar-refractivity contribution in [2.45, 2.75) is 12.3 Å². The minimum absolute atomic E-state index is 0.151. The average molecular weight is 299 g/mol. The van der Waals surface area contributed by atoms with Crippen LogP contribution in [0.1, 0.15) is 28.3 Å². The molecule has 3 rings (SSSR count). The number of hydrogen-bond donors (Lipinski definition) is 0. The fourth-order valence-electron chi connectivity index (χ4n) is 2.90. The maximum absolute atomic E-state index is 13.7. The van der Waals surface area contributed by atoms with Gasteiger partial charge in [-0.05, 0) is 36.2 Å². The molecule has 0 bridgehead atoms. The number of rotatable bonds is 3. The van der Waals surface area contributed by atoms with Gasteiger partial charge in [0.25, 0.3) is 5.91 Å². The minimum atomic E-state index is -0.458. The van der Waals surface area contributed by atoms with E-state index in [4.69, 9.17) is 4.74 Å². The topological polar surface area (TPSA) is 29.5 Å². The first-order valence-corrected chi connectivity index (χ1v) is 7.37. The molecular weight excluding hydrogens is 281 g/mol. The molecule has 22 heavy (non-hydrogen) atoms. The van der Waals surface area contributed by atoms with Crippen molar-refractivity contribution in [3.63, 3.8) is 0 Å². The average Bonchev–Trinajstić information content (AvgIpc) is 3.05. The van der Waals surface area contributed by atoms with E-state index in [1.165, 1.54) is 11.6 Å². The minimum Gasteiger partial charge on any atom is -0.497 e. The molecule has 1 heterocycles. The van der Waals surface area contributed by atoms with Crippen molar-refractivity contribution in [3.8, 4) is 5.75 Å². The zero-order valence-corrected chi connectivity index (χ0v) is 12.5. The van der Waals surface area contributed by atoms with Gasteiger partial charge < -0.3 is 9.64 Å². The van der Waals surface area contributed by atoms with Gasteiger partial charge in [-0.1, -0.05) is 24.3 Å².